The van der Waals surface area contributed by atoms with Gasteiger partial charge >= 0.3 is 6.09 Å². The molecule has 1 amide bonds. The maximum Gasteiger partial charge on any atom is 0.413 e. The number of aromatic nitrogens is 2. The average Bonchev–Trinajstić information content (AvgIpc) is 2.57. The number of nitrogens with zero attached hydrogens (tertiary/aromatic N) is 2. The van der Waals surface area contributed by atoms with Crippen molar-refractivity contribution in [1.82, 2.24) is 15.5 Å². The molecular weight excluding hydrogens is 226 g/mol. The van der Waals surface area contributed by atoms with Crippen molar-refractivity contribution in [3.63, 3.8) is 0 Å². The zero-order valence-corrected chi connectivity index (χ0v) is 9.75. The average molecular weight is 237 g/mol. The van der Waals surface area contributed by atoms with E-state index >= 15 is 0 Å². The number of carbonyl (C=O) groups is 1. The summed E-state index contributed by atoms with van der Waals surface area (Å²) in [4.78, 5) is 11.3. The summed E-state index contributed by atoms with van der Waals surface area (Å²) in [6, 6.07) is 3.59. The smallest absolute Gasteiger partial charge is 0.399 e. The number of hydrogen-bond acceptors (Lipinski definition) is 5. The lowest BCUT2D eigenvalue weighted by atomic mass is 10.4. The molecule has 6 heteroatoms. The first-order valence-corrected chi connectivity index (χ1v) is 5.66. The SMILES string of the molecule is CC(C)NC(=O)Oc1cc2nnccc2s1. The monoisotopic (exact) mass is 237 g/mol. The first-order valence-electron chi connectivity index (χ1n) is 4.85. The number of hydrogen-bond donors (Lipinski definition) is 1. The van der Waals surface area contributed by atoms with Crippen LogP contribution in [0.3, 0.4) is 0 Å². The highest BCUT2D eigenvalue weighted by molar-refractivity contribution is 7.20. The standard InChI is InChI=1S/C10H11N3O2S/c1-6(2)12-10(14)15-9-5-7-8(16-9)3-4-11-13-7/h3-6H,1-2H3,(H,12,14). The normalized spacial score (nSPS) is 10.7. The number of amides is 1. The van der Waals surface area contributed by atoms with Crippen molar-refractivity contribution >= 4 is 27.6 Å². The van der Waals surface area contributed by atoms with Gasteiger partial charge in [0, 0.05) is 12.1 Å². The Morgan fingerprint density at radius 2 is 2.38 bits per heavy atom. The number of rotatable bonds is 2. The van der Waals surface area contributed by atoms with Crippen molar-refractivity contribution in [2.75, 3.05) is 0 Å². The minimum atomic E-state index is -0.450. The summed E-state index contributed by atoms with van der Waals surface area (Å²) in [5.41, 5.74) is 0.736. The van der Waals surface area contributed by atoms with Gasteiger partial charge in [-0.25, -0.2) is 4.79 Å². The molecular formula is C10H11N3O2S. The van der Waals surface area contributed by atoms with Gasteiger partial charge in [-0.1, -0.05) is 11.3 Å². The summed E-state index contributed by atoms with van der Waals surface area (Å²) in [7, 11) is 0. The van der Waals surface area contributed by atoms with Gasteiger partial charge in [0.15, 0.2) is 5.06 Å². The quantitative estimate of drug-likeness (QED) is 0.869. The van der Waals surface area contributed by atoms with E-state index < -0.39 is 6.09 Å². The van der Waals surface area contributed by atoms with E-state index in [0.717, 1.165) is 10.2 Å². The number of thiophene rings is 1. The molecule has 5 nitrogen and oxygen atoms in total. The third-order valence-electron chi connectivity index (χ3n) is 1.78. The third-order valence-corrected chi connectivity index (χ3v) is 2.74. The molecule has 2 aromatic rings. The van der Waals surface area contributed by atoms with Crippen molar-refractivity contribution in [3.8, 4) is 5.06 Å². The van der Waals surface area contributed by atoms with Crippen LogP contribution in [0, 0.1) is 0 Å². The van der Waals surface area contributed by atoms with Crippen molar-refractivity contribution < 1.29 is 9.53 Å². The van der Waals surface area contributed by atoms with Crippen LogP contribution in [0.2, 0.25) is 0 Å². The largest absolute Gasteiger partial charge is 0.413 e. The molecule has 2 rings (SSSR count). The highest BCUT2D eigenvalue weighted by Crippen LogP contribution is 2.29. The molecule has 1 N–H and O–H groups in total. The summed E-state index contributed by atoms with van der Waals surface area (Å²) in [6.45, 7) is 3.75. The number of ether oxygens (including phenoxy) is 1. The fraction of sp³-hybridized carbons (Fsp3) is 0.300. The lowest BCUT2D eigenvalue weighted by Crippen LogP contribution is -2.32. The molecule has 0 spiro atoms. The Hall–Kier alpha value is -1.69. The van der Waals surface area contributed by atoms with E-state index in [9.17, 15) is 4.79 Å². The first-order chi connectivity index (χ1) is 7.65. The van der Waals surface area contributed by atoms with Gasteiger partial charge in [-0.15, -0.1) is 5.10 Å². The summed E-state index contributed by atoms with van der Waals surface area (Å²) in [6.07, 6.45) is 1.16. The molecule has 0 aliphatic rings. The van der Waals surface area contributed by atoms with E-state index in [4.69, 9.17) is 4.74 Å². The van der Waals surface area contributed by atoms with Crippen LogP contribution in [0.25, 0.3) is 10.2 Å². The molecule has 0 atom stereocenters. The zero-order chi connectivity index (χ0) is 11.5. The Morgan fingerprint density at radius 1 is 1.56 bits per heavy atom. The minimum absolute atomic E-state index is 0.0571. The van der Waals surface area contributed by atoms with Crippen molar-refractivity contribution in [1.29, 1.82) is 0 Å². The molecule has 0 fully saturated rings. The highest BCUT2D eigenvalue weighted by Gasteiger charge is 2.09. The fourth-order valence-electron chi connectivity index (χ4n) is 1.17. The third kappa shape index (κ3) is 2.46. The topological polar surface area (TPSA) is 64.1 Å². The van der Waals surface area contributed by atoms with Crippen LogP contribution < -0.4 is 10.1 Å². The summed E-state index contributed by atoms with van der Waals surface area (Å²) < 4.78 is 6.06. The molecule has 0 saturated heterocycles. The number of fused-ring (bicyclic) bond motifs is 1. The van der Waals surface area contributed by atoms with Crippen LogP contribution in [-0.2, 0) is 0 Å². The van der Waals surface area contributed by atoms with E-state index in [1.165, 1.54) is 11.3 Å². The molecule has 0 unspecified atom stereocenters. The molecule has 0 aliphatic heterocycles. The second kappa shape index (κ2) is 4.44. The fourth-order valence-corrected chi connectivity index (χ4v) is 2.01. The van der Waals surface area contributed by atoms with E-state index in [1.807, 2.05) is 19.9 Å². The van der Waals surface area contributed by atoms with E-state index in [2.05, 4.69) is 15.5 Å². The Balaban J connectivity index is 2.12. The summed E-state index contributed by atoms with van der Waals surface area (Å²) >= 11 is 1.37. The van der Waals surface area contributed by atoms with Crippen LogP contribution in [0.15, 0.2) is 18.3 Å². The minimum Gasteiger partial charge on any atom is -0.399 e. The van der Waals surface area contributed by atoms with Crippen molar-refractivity contribution in [2.24, 2.45) is 0 Å². The van der Waals surface area contributed by atoms with Crippen LogP contribution in [0.4, 0.5) is 4.79 Å². The van der Waals surface area contributed by atoms with Crippen LogP contribution in [0.1, 0.15) is 13.8 Å². The molecule has 2 heterocycles. The van der Waals surface area contributed by atoms with Crippen molar-refractivity contribution in [3.05, 3.63) is 18.3 Å². The van der Waals surface area contributed by atoms with Gasteiger partial charge in [-0.3, -0.25) is 0 Å². The Kier molecular flexibility index (Phi) is 3.00. The van der Waals surface area contributed by atoms with Gasteiger partial charge < -0.3 is 10.1 Å². The van der Waals surface area contributed by atoms with Gasteiger partial charge in [-0.05, 0) is 19.9 Å². The van der Waals surface area contributed by atoms with Crippen LogP contribution >= 0.6 is 11.3 Å². The molecule has 0 saturated carbocycles. The maximum atomic E-state index is 11.3. The summed E-state index contributed by atoms with van der Waals surface area (Å²) in [5.74, 6) is 0. The molecule has 84 valence electrons. The number of carbonyl (C=O) groups excluding carboxylic acids is 1. The predicted molar refractivity (Wildman–Crippen MR) is 61.7 cm³/mol. The molecule has 0 bridgehead atoms. The second-order valence-corrected chi connectivity index (χ2v) is 4.58. The molecule has 2 aromatic heterocycles. The first kappa shape index (κ1) is 10.8. The lowest BCUT2D eigenvalue weighted by molar-refractivity contribution is 0.199. The van der Waals surface area contributed by atoms with E-state index in [-0.39, 0.29) is 6.04 Å². The van der Waals surface area contributed by atoms with Gasteiger partial charge in [0.1, 0.15) is 5.52 Å². The Morgan fingerprint density at radius 3 is 3.06 bits per heavy atom. The summed E-state index contributed by atoms with van der Waals surface area (Å²) in [5, 5.41) is 10.8. The molecule has 0 aliphatic carbocycles. The van der Waals surface area contributed by atoms with Crippen LogP contribution in [-0.4, -0.2) is 22.3 Å². The maximum absolute atomic E-state index is 11.3. The lowest BCUT2D eigenvalue weighted by Gasteiger charge is -2.06. The Labute approximate surface area is 96.4 Å². The predicted octanol–water partition coefficient (Wildman–Crippen LogP) is 2.19. The number of nitrogens with one attached hydrogen (secondary N) is 1. The molecule has 16 heavy (non-hydrogen) atoms. The van der Waals surface area contributed by atoms with Crippen molar-refractivity contribution in [2.45, 2.75) is 19.9 Å². The van der Waals surface area contributed by atoms with Gasteiger partial charge in [0.25, 0.3) is 0 Å². The molecule has 0 radical (unpaired) electrons. The molecule has 0 aromatic carbocycles. The highest BCUT2D eigenvalue weighted by atomic mass is 32.1. The zero-order valence-electron chi connectivity index (χ0n) is 8.93. The van der Waals surface area contributed by atoms with Gasteiger partial charge in [-0.2, -0.15) is 5.10 Å². The van der Waals surface area contributed by atoms with Gasteiger partial charge in [0.2, 0.25) is 0 Å². The van der Waals surface area contributed by atoms with Gasteiger partial charge in [0.05, 0.1) is 10.9 Å². The Bertz CT molecular complexity index is 476. The second-order valence-electron chi connectivity index (χ2n) is 3.53. The van der Waals surface area contributed by atoms with Crippen LogP contribution in [0.5, 0.6) is 5.06 Å². The van der Waals surface area contributed by atoms with E-state index in [0.29, 0.717) is 5.06 Å². The van der Waals surface area contributed by atoms with E-state index in [1.54, 1.807) is 12.3 Å².